The molecule has 0 saturated carbocycles. The molecule has 0 fully saturated rings. The Morgan fingerprint density at radius 2 is 1.32 bits per heavy atom. The highest BCUT2D eigenvalue weighted by Crippen LogP contribution is 2.32. The highest BCUT2D eigenvalue weighted by molar-refractivity contribution is 6.42. The van der Waals surface area contributed by atoms with Crippen LogP contribution in [0.5, 0.6) is 0 Å². The van der Waals surface area contributed by atoms with E-state index in [9.17, 15) is 9.59 Å². The number of carboxylic acids is 1. The van der Waals surface area contributed by atoms with E-state index in [1.807, 2.05) is 34.9 Å². The molecular formula is C36H34N2O3. The summed E-state index contributed by atoms with van der Waals surface area (Å²) in [7, 11) is 0. The SMILES string of the molecule is CC(=C(c1ccccc1)c1ccc(NCCCCCn2cc(C(=O)C(=O)O)c3ccccc32)cc1)c1ccccc1. The summed E-state index contributed by atoms with van der Waals surface area (Å²) in [6.07, 6.45) is 4.63. The number of carboxylic acid groups (broad SMARTS) is 1. The van der Waals surface area contributed by atoms with Crippen molar-refractivity contribution in [2.75, 3.05) is 11.9 Å². The van der Waals surface area contributed by atoms with Crippen molar-refractivity contribution in [3.8, 4) is 0 Å². The molecule has 5 nitrogen and oxygen atoms in total. The molecule has 5 aromatic rings. The minimum atomic E-state index is -1.43. The molecule has 5 heteroatoms. The lowest BCUT2D eigenvalue weighted by Gasteiger charge is -2.15. The molecule has 2 N–H and O–H groups in total. The van der Waals surface area contributed by atoms with Crippen molar-refractivity contribution in [3.05, 3.63) is 138 Å². The van der Waals surface area contributed by atoms with Crippen molar-refractivity contribution in [2.24, 2.45) is 0 Å². The summed E-state index contributed by atoms with van der Waals surface area (Å²) in [4.78, 5) is 23.4. The number of allylic oxidation sites excluding steroid dienone is 1. The molecule has 0 saturated heterocycles. The van der Waals surface area contributed by atoms with Gasteiger partial charge in [0.25, 0.3) is 5.78 Å². The third-order valence-electron chi connectivity index (χ3n) is 7.45. The van der Waals surface area contributed by atoms with Gasteiger partial charge in [-0.1, -0.05) is 91.0 Å². The van der Waals surface area contributed by atoms with Crippen molar-refractivity contribution in [1.82, 2.24) is 4.57 Å². The molecule has 1 heterocycles. The van der Waals surface area contributed by atoms with Gasteiger partial charge in [0.1, 0.15) is 0 Å². The molecule has 0 spiro atoms. The largest absolute Gasteiger partial charge is 0.475 e. The zero-order valence-corrected chi connectivity index (χ0v) is 23.2. The van der Waals surface area contributed by atoms with E-state index in [0.29, 0.717) is 5.39 Å². The van der Waals surface area contributed by atoms with Crippen molar-refractivity contribution in [1.29, 1.82) is 0 Å². The molecule has 5 rings (SSSR count). The average Bonchev–Trinajstić information content (AvgIpc) is 3.38. The van der Waals surface area contributed by atoms with E-state index in [1.165, 1.54) is 27.8 Å². The average molecular weight is 543 g/mol. The van der Waals surface area contributed by atoms with Crippen LogP contribution in [0, 0.1) is 0 Å². The first kappa shape index (κ1) is 27.7. The summed E-state index contributed by atoms with van der Waals surface area (Å²) < 4.78 is 1.99. The lowest BCUT2D eigenvalue weighted by atomic mass is 9.90. The molecule has 4 aromatic carbocycles. The topological polar surface area (TPSA) is 71.3 Å². The fourth-order valence-electron chi connectivity index (χ4n) is 5.34. The second kappa shape index (κ2) is 13.0. The molecule has 0 bridgehead atoms. The van der Waals surface area contributed by atoms with E-state index >= 15 is 0 Å². The summed E-state index contributed by atoms with van der Waals surface area (Å²) in [6, 6.07) is 37.2. The lowest BCUT2D eigenvalue weighted by Crippen LogP contribution is -2.12. The Balaban J connectivity index is 1.18. The van der Waals surface area contributed by atoms with Crippen LogP contribution < -0.4 is 5.32 Å². The smallest absolute Gasteiger partial charge is 0.377 e. The van der Waals surface area contributed by atoms with Crippen LogP contribution in [-0.2, 0) is 11.3 Å². The summed E-state index contributed by atoms with van der Waals surface area (Å²) in [6.45, 7) is 3.78. The number of anilines is 1. The number of rotatable bonds is 12. The van der Waals surface area contributed by atoms with Crippen LogP contribution in [0.3, 0.4) is 0 Å². The normalized spacial score (nSPS) is 11.7. The maximum absolute atomic E-state index is 12.1. The van der Waals surface area contributed by atoms with E-state index in [0.717, 1.165) is 43.6 Å². The number of aliphatic carboxylic acids is 1. The number of aromatic nitrogens is 1. The number of carbonyl (C=O) groups is 2. The zero-order chi connectivity index (χ0) is 28.6. The molecule has 0 aliphatic rings. The zero-order valence-electron chi connectivity index (χ0n) is 23.2. The number of fused-ring (bicyclic) bond motifs is 1. The van der Waals surface area contributed by atoms with E-state index < -0.39 is 11.8 Å². The predicted octanol–water partition coefficient (Wildman–Crippen LogP) is 8.17. The van der Waals surface area contributed by atoms with Gasteiger partial charge in [-0.3, -0.25) is 4.79 Å². The maximum atomic E-state index is 12.1. The van der Waals surface area contributed by atoms with Gasteiger partial charge in [0.15, 0.2) is 0 Å². The molecule has 0 amide bonds. The van der Waals surface area contributed by atoms with Crippen molar-refractivity contribution < 1.29 is 14.7 Å². The number of hydrogen-bond acceptors (Lipinski definition) is 3. The lowest BCUT2D eigenvalue weighted by molar-refractivity contribution is -0.131. The fraction of sp³-hybridized carbons (Fsp3) is 0.167. The van der Waals surface area contributed by atoms with Crippen LogP contribution in [0.25, 0.3) is 22.0 Å². The first-order chi connectivity index (χ1) is 20.0. The molecule has 0 unspecified atom stereocenters. The number of nitrogens with zero attached hydrogens (tertiary/aromatic N) is 1. The number of unbranched alkanes of at least 4 members (excludes halogenated alkanes) is 2. The molecule has 0 atom stereocenters. The van der Waals surface area contributed by atoms with Crippen LogP contribution in [0.2, 0.25) is 0 Å². The number of hydrogen-bond donors (Lipinski definition) is 2. The minimum Gasteiger partial charge on any atom is -0.475 e. The number of carbonyl (C=O) groups excluding carboxylic acids is 1. The van der Waals surface area contributed by atoms with Gasteiger partial charge in [0, 0.05) is 35.9 Å². The summed E-state index contributed by atoms with van der Waals surface area (Å²) in [5.74, 6) is -2.29. The van der Waals surface area contributed by atoms with E-state index in [-0.39, 0.29) is 5.56 Å². The highest BCUT2D eigenvalue weighted by atomic mass is 16.4. The number of aryl methyl sites for hydroxylation is 1. The van der Waals surface area contributed by atoms with Crippen molar-refractivity contribution in [2.45, 2.75) is 32.7 Å². The molecule has 0 aliphatic heterocycles. The van der Waals surface area contributed by atoms with E-state index in [4.69, 9.17) is 5.11 Å². The number of nitrogens with one attached hydrogen (secondary N) is 1. The summed E-state index contributed by atoms with van der Waals surface area (Å²) in [5, 5.41) is 13.4. The van der Waals surface area contributed by atoms with Crippen LogP contribution in [0.15, 0.2) is 115 Å². The van der Waals surface area contributed by atoms with Gasteiger partial charge in [0.2, 0.25) is 0 Å². The first-order valence-electron chi connectivity index (χ1n) is 14.0. The summed E-state index contributed by atoms with van der Waals surface area (Å²) >= 11 is 0. The number of ketones is 1. The second-order valence-corrected chi connectivity index (χ2v) is 10.2. The van der Waals surface area contributed by atoms with Gasteiger partial charge in [-0.2, -0.15) is 0 Å². The van der Waals surface area contributed by atoms with Crippen molar-refractivity contribution in [3.63, 3.8) is 0 Å². The molecular weight excluding hydrogens is 508 g/mol. The van der Waals surface area contributed by atoms with Crippen LogP contribution in [0.4, 0.5) is 5.69 Å². The van der Waals surface area contributed by atoms with Gasteiger partial charge in [0.05, 0.1) is 5.56 Å². The Morgan fingerprint density at radius 3 is 2.00 bits per heavy atom. The summed E-state index contributed by atoms with van der Waals surface area (Å²) in [5.41, 5.74) is 8.30. The molecule has 206 valence electrons. The number of para-hydroxylation sites is 1. The Kier molecular flexibility index (Phi) is 8.75. The quantitative estimate of drug-likeness (QED) is 0.0722. The third kappa shape index (κ3) is 6.47. The van der Waals surface area contributed by atoms with Crippen LogP contribution >= 0.6 is 0 Å². The standard InChI is InChI=1S/C36H34N2O3/c1-26(27-13-5-2-6-14-27)34(28-15-7-3-8-16-28)29-19-21-30(22-20-29)37-23-11-4-12-24-38-25-32(35(39)36(40)41)31-17-9-10-18-33(31)38/h2-3,5-10,13-22,25,37H,4,11-12,23-24H2,1H3,(H,40,41). The van der Waals surface area contributed by atoms with E-state index in [2.05, 4.69) is 85.0 Å². The number of benzene rings is 4. The van der Waals surface area contributed by atoms with Crippen molar-refractivity contribution >= 4 is 39.5 Å². The maximum Gasteiger partial charge on any atom is 0.377 e. The fourth-order valence-corrected chi connectivity index (χ4v) is 5.34. The number of Topliss-reactive ketones (excluding diaryl/α,β-unsaturated/α-hetero) is 1. The highest BCUT2D eigenvalue weighted by Gasteiger charge is 2.20. The van der Waals surface area contributed by atoms with E-state index in [1.54, 1.807) is 12.3 Å². The monoisotopic (exact) mass is 542 g/mol. The van der Waals surface area contributed by atoms with Gasteiger partial charge >= 0.3 is 5.97 Å². The molecule has 1 aromatic heterocycles. The van der Waals surface area contributed by atoms with Gasteiger partial charge in [-0.25, -0.2) is 4.79 Å². The van der Waals surface area contributed by atoms with Gasteiger partial charge in [-0.15, -0.1) is 0 Å². The Morgan fingerprint density at radius 1 is 0.707 bits per heavy atom. The molecule has 0 aliphatic carbocycles. The predicted molar refractivity (Wildman–Crippen MR) is 167 cm³/mol. The second-order valence-electron chi connectivity index (χ2n) is 10.2. The van der Waals surface area contributed by atoms with Gasteiger partial charge in [-0.05, 0) is 72.2 Å². The van der Waals surface area contributed by atoms with Crippen LogP contribution in [-0.4, -0.2) is 28.0 Å². The van der Waals surface area contributed by atoms with Gasteiger partial charge < -0.3 is 15.0 Å². The van der Waals surface area contributed by atoms with Crippen LogP contribution in [0.1, 0.15) is 53.2 Å². The third-order valence-corrected chi connectivity index (χ3v) is 7.45. The first-order valence-corrected chi connectivity index (χ1v) is 14.0. The molecule has 0 radical (unpaired) electrons. The Labute approximate surface area is 240 Å². The minimum absolute atomic E-state index is 0.252. The Hall–Kier alpha value is -4.90. The Bertz CT molecular complexity index is 1670. The molecule has 41 heavy (non-hydrogen) atoms.